The third-order valence-electron chi connectivity index (χ3n) is 4.49. The zero-order valence-corrected chi connectivity index (χ0v) is 22.5. The van der Waals surface area contributed by atoms with Gasteiger partial charge in [-0.05, 0) is 74.1 Å². The zero-order valence-electron chi connectivity index (χ0n) is 20.9. The summed E-state index contributed by atoms with van der Waals surface area (Å²) in [6, 6.07) is 8.27. The van der Waals surface area contributed by atoms with Gasteiger partial charge >= 0.3 is 0 Å². The smallest absolute Gasteiger partial charge is 0.206 e. The van der Waals surface area contributed by atoms with Crippen LogP contribution in [-0.4, -0.2) is 35.0 Å². The summed E-state index contributed by atoms with van der Waals surface area (Å²) >= 11 is 3.27. The van der Waals surface area contributed by atoms with E-state index in [9.17, 15) is 0 Å². The molecule has 2 aromatic heterocycles. The van der Waals surface area contributed by atoms with Crippen LogP contribution in [0.15, 0.2) is 84.1 Å². The molecule has 1 aromatic carbocycles. The second-order valence-corrected chi connectivity index (χ2v) is 8.59. The van der Waals surface area contributed by atoms with Crippen LogP contribution in [0, 0.1) is 0 Å². The fourth-order valence-electron chi connectivity index (χ4n) is 2.91. The lowest BCUT2D eigenvalue weighted by molar-refractivity contribution is 0.994. The second kappa shape index (κ2) is 17.7. The van der Waals surface area contributed by atoms with Gasteiger partial charge in [-0.15, -0.1) is 22.0 Å². The molecule has 3 rings (SSSR count). The lowest BCUT2D eigenvalue weighted by Crippen LogP contribution is -2.03. The summed E-state index contributed by atoms with van der Waals surface area (Å²) < 4.78 is 0. The molecule has 0 radical (unpaired) electrons. The van der Waals surface area contributed by atoms with Crippen molar-refractivity contribution in [2.24, 2.45) is 5.73 Å². The van der Waals surface area contributed by atoms with E-state index in [0.717, 1.165) is 51.4 Å². The molecule has 0 saturated heterocycles. The fourth-order valence-corrected chi connectivity index (χ4v) is 4.23. The first kappa shape index (κ1) is 29.3. The molecule has 0 aliphatic rings. The molecule has 7 heteroatoms. The summed E-state index contributed by atoms with van der Waals surface area (Å²) in [5.41, 5.74) is 7.86. The Kier molecular flexibility index (Phi) is 15.2. The topological polar surface area (TPSA) is 76.7 Å². The molecule has 2 heterocycles. The maximum atomic E-state index is 4.50. The summed E-state index contributed by atoms with van der Waals surface area (Å²) in [5, 5.41) is 18.2. The van der Waals surface area contributed by atoms with Gasteiger partial charge in [-0.2, -0.15) is 0 Å². The highest BCUT2D eigenvalue weighted by atomic mass is 32.2. The van der Waals surface area contributed by atoms with Gasteiger partial charge in [0, 0.05) is 29.9 Å². The lowest BCUT2D eigenvalue weighted by atomic mass is 10.1. The Morgan fingerprint density at radius 2 is 1.94 bits per heavy atom. The normalized spacial score (nSPS) is 11.2. The van der Waals surface area contributed by atoms with Crippen LogP contribution in [0.3, 0.4) is 0 Å². The zero-order chi connectivity index (χ0) is 25.2. The van der Waals surface area contributed by atoms with Crippen LogP contribution in [0.5, 0.6) is 0 Å². The Bertz CT molecular complexity index is 1080. The minimum atomic E-state index is 0.793. The maximum Gasteiger partial charge on any atom is 0.206 e. The van der Waals surface area contributed by atoms with Gasteiger partial charge in [0.05, 0.1) is 0 Å². The average molecular weight is 496 g/mol. The predicted octanol–water partition coefficient (Wildman–Crippen LogP) is 7.48. The summed E-state index contributed by atoms with van der Waals surface area (Å²) in [4.78, 5) is 4.15. The molecule has 5 nitrogen and oxygen atoms in total. The molecule has 0 amide bonds. The van der Waals surface area contributed by atoms with Gasteiger partial charge in [-0.1, -0.05) is 61.3 Å². The van der Waals surface area contributed by atoms with Crippen LogP contribution >= 0.6 is 23.1 Å². The Balaban J connectivity index is 0.000000733. The number of nitrogens with one attached hydrogen (secondary N) is 1. The molecular formula is C27H37N5S2. The SMILES string of the molecule is C/C=C\CC.C=C(/C=C\C)/C(=C\SC)CCNc1nnc(-c2ccc3cnccc3c2)s1.CN. The van der Waals surface area contributed by atoms with Gasteiger partial charge < -0.3 is 11.1 Å². The summed E-state index contributed by atoms with van der Waals surface area (Å²) in [6.07, 6.45) is 16.0. The van der Waals surface area contributed by atoms with Crippen LogP contribution in [0.1, 0.15) is 33.6 Å². The third-order valence-corrected chi connectivity index (χ3v) is 5.95. The van der Waals surface area contributed by atoms with Crippen molar-refractivity contribution in [1.82, 2.24) is 15.2 Å². The van der Waals surface area contributed by atoms with Crippen molar-refractivity contribution in [1.29, 1.82) is 0 Å². The Morgan fingerprint density at radius 1 is 1.15 bits per heavy atom. The summed E-state index contributed by atoms with van der Waals surface area (Å²) in [5.74, 6) is 0. The molecule has 182 valence electrons. The fraction of sp³-hybridized carbons (Fsp3) is 0.296. The molecule has 0 bridgehead atoms. The molecule has 0 aliphatic heterocycles. The van der Waals surface area contributed by atoms with Gasteiger partial charge in [-0.3, -0.25) is 4.98 Å². The van der Waals surface area contributed by atoms with Crippen LogP contribution in [0.2, 0.25) is 0 Å². The quantitative estimate of drug-likeness (QED) is 0.237. The number of benzene rings is 1. The van der Waals surface area contributed by atoms with Gasteiger partial charge in [0.2, 0.25) is 5.13 Å². The monoisotopic (exact) mass is 495 g/mol. The lowest BCUT2D eigenvalue weighted by Gasteiger charge is -2.07. The maximum absolute atomic E-state index is 4.50. The van der Waals surface area contributed by atoms with Crippen LogP contribution < -0.4 is 11.1 Å². The molecule has 34 heavy (non-hydrogen) atoms. The molecule has 3 N–H and O–H groups in total. The Hall–Kier alpha value is -2.74. The van der Waals surface area contributed by atoms with Crippen molar-refractivity contribution in [2.75, 3.05) is 25.2 Å². The molecule has 0 fully saturated rings. The van der Waals surface area contributed by atoms with E-state index in [1.54, 1.807) is 29.3 Å². The highest BCUT2D eigenvalue weighted by Gasteiger charge is 2.08. The van der Waals surface area contributed by atoms with E-state index in [-0.39, 0.29) is 0 Å². The Morgan fingerprint density at radius 3 is 2.59 bits per heavy atom. The van der Waals surface area contributed by atoms with E-state index in [2.05, 4.69) is 81.7 Å². The van der Waals surface area contributed by atoms with Crippen molar-refractivity contribution >= 4 is 39.0 Å². The van der Waals surface area contributed by atoms with Gasteiger partial charge in [0.15, 0.2) is 0 Å². The highest BCUT2D eigenvalue weighted by Crippen LogP contribution is 2.29. The van der Waals surface area contributed by atoms with Crippen molar-refractivity contribution in [2.45, 2.75) is 33.6 Å². The highest BCUT2D eigenvalue weighted by molar-refractivity contribution is 8.01. The minimum Gasteiger partial charge on any atom is -0.360 e. The number of anilines is 1. The van der Waals surface area contributed by atoms with Gasteiger partial charge in [0.25, 0.3) is 0 Å². The van der Waals surface area contributed by atoms with Crippen molar-refractivity contribution < 1.29 is 0 Å². The van der Waals surface area contributed by atoms with E-state index in [4.69, 9.17) is 0 Å². The number of thioether (sulfide) groups is 1. The second-order valence-electron chi connectivity index (χ2n) is 6.91. The largest absolute Gasteiger partial charge is 0.360 e. The molecule has 0 aliphatic carbocycles. The summed E-state index contributed by atoms with van der Waals surface area (Å²) in [6.45, 7) is 11.1. The number of aromatic nitrogens is 3. The Labute approximate surface area is 213 Å². The van der Waals surface area contributed by atoms with Crippen LogP contribution in [-0.2, 0) is 0 Å². The van der Waals surface area contributed by atoms with Crippen LogP contribution in [0.4, 0.5) is 5.13 Å². The number of hydrogen-bond acceptors (Lipinski definition) is 7. The van der Waals surface area contributed by atoms with E-state index in [1.807, 2.05) is 38.3 Å². The molecule has 0 spiro atoms. The standard InChI is InChI=1S/C21H22N4S2.C5H10.CH5N/c1-4-5-15(2)19(14-26-3)9-11-23-21-25-24-20(27-21)17-6-7-18-13-22-10-8-16(18)12-17;1-3-5-4-2;1-2/h4-8,10,12-14H,2,9,11H2,1,3H3,(H,23,25);3,5H,4H2,1-2H3;2H2,1H3/b5-4-,19-14-;5-3-;. The molecule has 0 unspecified atom stereocenters. The first-order chi connectivity index (χ1) is 16.6. The average Bonchev–Trinajstić information content (AvgIpc) is 3.34. The van der Waals surface area contributed by atoms with Crippen molar-refractivity contribution in [3.05, 3.63) is 84.1 Å². The molecule has 0 saturated carbocycles. The van der Waals surface area contributed by atoms with E-state index < -0.39 is 0 Å². The number of allylic oxidation sites excluding steroid dienone is 5. The number of nitrogens with zero attached hydrogens (tertiary/aromatic N) is 3. The first-order valence-electron chi connectivity index (χ1n) is 11.3. The van der Waals surface area contributed by atoms with E-state index in [0.29, 0.717) is 0 Å². The summed E-state index contributed by atoms with van der Waals surface area (Å²) in [7, 11) is 1.50. The molecular weight excluding hydrogens is 458 g/mol. The number of hydrogen-bond donors (Lipinski definition) is 2. The van der Waals surface area contributed by atoms with Crippen molar-refractivity contribution in [3.8, 4) is 10.6 Å². The number of rotatable bonds is 9. The predicted molar refractivity (Wildman–Crippen MR) is 155 cm³/mol. The van der Waals surface area contributed by atoms with Gasteiger partial charge in [-0.25, -0.2) is 0 Å². The number of pyridine rings is 1. The minimum absolute atomic E-state index is 0.793. The van der Waals surface area contributed by atoms with E-state index in [1.165, 1.54) is 12.6 Å². The van der Waals surface area contributed by atoms with Crippen LogP contribution in [0.25, 0.3) is 21.3 Å². The van der Waals surface area contributed by atoms with Gasteiger partial charge in [0.1, 0.15) is 5.01 Å². The first-order valence-corrected chi connectivity index (χ1v) is 13.4. The van der Waals surface area contributed by atoms with E-state index >= 15 is 0 Å². The third kappa shape index (κ3) is 10.0. The van der Waals surface area contributed by atoms with Crippen molar-refractivity contribution in [3.63, 3.8) is 0 Å². The number of nitrogens with two attached hydrogens (primary N) is 1. The number of fused-ring (bicyclic) bond motifs is 1. The molecule has 0 atom stereocenters. The molecule has 3 aromatic rings.